The number of benzene rings is 2. The van der Waals surface area contributed by atoms with E-state index in [1.54, 1.807) is 23.5 Å². The van der Waals surface area contributed by atoms with Gasteiger partial charge in [0.2, 0.25) is 0 Å². The van der Waals surface area contributed by atoms with E-state index in [2.05, 4.69) is 34.2 Å². The standard InChI is InChI=1S/C20H18Cl2N2OS/c21-17-9-8-15(11-18(17)22)23-20-24(12-16-7-4-10-25-16)19(13-26-20)14-5-2-1-3-6-14/h1-3,5-6,8-9,11,13,16H,4,7,10,12H2. The van der Waals surface area contributed by atoms with Gasteiger partial charge in [-0.3, -0.25) is 0 Å². The zero-order chi connectivity index (χ0) is 17.9. The van der Waals surface area contributed by atoms with Crippen LogP contribution in [0.15, 0.2) is 58.9 Å². The third-order valence-electron chi connectivity index (χ3n) is 4.41. The van der Waals surface area contributed by atoms with Crippen molar-refractivity contribution in [2.75, 3.05) is 6.61 Å². The van der Waals surface area contributed by atoms with Crippen molar-refractivity contribution in [2.45, 2.75) is 25.5 Å². The van der Waals surface area contributed by atoms with Crippen LogP contribution in [0.5, 0.6) is 0 Å². The van der Waals surface area contributed by atoms with Crippen LogP contribution in [-0.4, -0.2) is 17.3 Å². The lowest BCUT2D eigenvalue weighted by Crippen LogP contribution is -2.24. The first-order valence-corrected chi connectivity index (χ1v) is 10.2. The van der Waals surface area contributed by atoms with Crippen molar-refractivity contribution < 1.29 is 4.74 Å². The highest BCUT2D eigenvalue weighted by Crippen LogP contribution is 2.27. The minimum Gasteiger partial charge on any atom is -0.376 e. The molecule has 1 aliphatic heterocycles. The number of aromatic nitrogens is 1. The van der Waals surface area contributed by atoms with Crippen LogP contribution in [0.1, 0.15) is 12.8 Å². The van der Waals surface area contributed by atoms with E-state index in [0.29, 0.717) is 10.0 Å². The predicted molar refractivity (Wildman–Crippen MR) is 108 cm³/mol. The predicted octanol–water partition coefficient (Wildman–Crippen LogP) is 5.93. The summed E-state index contributed by atoms with van der Waals surface area (Å²) in [6.45, 7) is 1.64. The maximum Gasteiger partial charge on any atom is 0.190 e. The zero-order valence-electron chi connectivity index (χ0n) is 14.1. The average Bonchev–Trinajstić information content (AvgIpc) is 3.30. The van der Waals surface area contributed by atoms with Crippen molar-refractivity contribution in [3.05, 3.63) is 68.8 Å². The SMILES string of the molecule is Clc1ccc(N=c2scc(-c3ccccc3)n2CC2CCCO2)cc1Cl. The molecule has 0 amide bonds. The molecule has 1 atom stereocenters. The Balaban J connectivity index is 1.79. The van der Waals surface area contributed by atoms with Crippen molar-refractivity contribution in [3.8, 4) is 11.3 Å². The minimum absolute atomic E-state index is 0.236. The summed E-state index contributed by atoms with van der Waals surface area (Å²) < 4.78 is 8.11. The van der Waals surface area contributed by atoms with Crippen LogP contribution >= 0.6 is 34.5 Å². The second-order valence-electron chi connectivity index (χ2n) is 6.23. The highest BCUT2D eigenvalue weighted by molar-refractivity contribution is 7.07. The summed E-state index contributed by atoms with van der Waals surface area (Å²) in [5.74, 6) is 0. The third kappa shape index (κ3) is 3.89. The number of thiazole rings is 1. The highest BCUT2D eigenvalue weighted by Gasteiger charge is 2.19. The maximum absolute atomic E-state index is 6.14. The van der Waals surface area contributed by atoms with Gasteiger partial charge in [-0.05, 0) is 36.6 Å². The van der Waals surface area contributed by atoms with Crippen LogP contribution < -0.4 is 4.80 Å². The fourth-order valence-electron chi connectivity index (χ4n) is 3.09. The smallest absolute Gasteiger partial charge is 0.190 e. The number of ether oxygens (including phenoxy) is 1. The molecule has 6 heteroatoms. The number of hydrogen-bond donors (Lipinski definition) is 0. The van der Waals surface area contributed by atoms with E-state index < -0.39 is 0 Å². The number of nitrogens with zero attached hydrogens (tertiary/aromatic N) is 2. The van der Waals surface area contributed by atoms with Crippen LogP contribution in [-0.2, 0) is 11.3 Å². The molecule has 0 N–H and O–H groups in total. The summed E-state index contributed by atoms with van der Waals surface area (Å²) in [6, 6.07) is 15.8. The molecular formula is C20H18Cl2N2OS. The Morgan fingerprint density at radius 3 is 2.69 bits per heavy atom. The quantitative estimate of drug-likeness (QED) is 0.528. The molecule has 1 aliphatic rings. The molecule has 134 valence electrons. The van der Waals surface area contributed by atoms with Gasteiger partial charge in [0, 0.05) is 12.0 Å². The summed E-state index contributed by atoms with van der Waals surface area (Å²) >= 11 is 13.8. The summed E-state index contributed by atoms with van der Waals surface area (Å²) in [7, 11) is 0. The molecule has 3 nitrogen and oxygen atoms in total. The van der Waals surface area contributed by atoms with Crippen LogP contribution in [0.2, 0.25) is 10.0 Å². The summed E-state index contributed by atoms with van der Waals surface area (Å²) in [5, 5.41) is 3.20. The van der Waals surface area contributed by atoms with E-state index in [-0.39, 0.29) is 6.10 Å². The van der Waals surface area contributed by atoms with Crippen molar-refractivity contribution >= 4 is 40.2 Å². The average molecular weight is 405 g/mol. The van der Waals surface area contributed by atoms with E-state index in [1.165, 1.54) is 5.56 Å². The van der Waals surface area contributed by atoms with Gasteiger partial charge in [-0.1, -0.05) is 53.5 Å². The Kier molecular flexibility index (Phi) is 5.46. The van der Waals surface area contributed by atoms with E-state index in [1.807, 2.05) is 12.1 Å². The van der Waals surface area contributed by atoms with E-state index in [9.17, 15) is 0 Å². The first-order valence-electron chi connectivity index (χ1n) is 8.56. The van der Waals surface area contributed by atoms with Gasteiger partial charge in [-0.15, -0.1) is 11.3 Å². The van der Waals surface area contributed by atoms with Gasteiger partial charge in [-0.2, -0.15) is 0 Å². The van der Waals surface area contributed by atoms with E-state index >= 15 is 0 Å². The van der Waals surface area contributed by atoms with Gasteiger partial charge in [0.25, 0.3) is 0 Å². The summed E-state index contributed by atoms with van der Waals surface area (Å²) in [5.41, 5.74) is 3.13. The second-order valence-corrected chi connectivity index (χ2v) is 7.88. The molecule has 0 bridgehead atoms. The van der Waals surface area contributed by atoms with Crippen LogP contribution in [0, 0.1) is 0 Å². The van der Waals surface area contributed by atoms with Crippen LogP contribution in [0.25, 0.3) is 11.3 Å². The molecule has 1 fully saturated rings. The third-order valence-corrected chi connectivity index (χ3v) is 6.01. The monoisotopic (exact) mass is 404 g/mol. The molecule has 0 spiro atoms. The Bertz CT molecular complexity index is 959. The van der Waals surface area contributed by atoms with Gasteiger partial charge in [0.15, 0.2) is 4.80 Å². The van der Waals surface area contributed by atoms with Crippen LogP contribution in [0.3, 0.4) is 0 Å². The van der Waals surface area contributed by atoms with Gasteiger partial charge in [0.1, 0.15) is 0 Å². The largest absolute Gasteiger partial charge is 0.376 e. The Hall–Kier alpha value is -1.59. The molecule has 1 unspecified atom stereocenters. The van der Waals surface area contributed by atoms with Gasteiger partial charge in [-0.25, -0.2) is 4.99 Å². The summed E-state index contributed by atoms with van der Waals surface area (Å²) in [4.78, 5) is 5.74. The van der Waals surface area contributed by atoms with Crippen molar-refractivity contribution in [1.29, 1.82) is 0 Å². The molecule has 0 aliphatic carbocycles. The van der Waals surface area contributed by atoms with Gasteiger partial charge >= 0.3 is 0 Å². The lowest BCUT2D eigenvalue weighted by Gasteiger charge is -2.14. The highest BCUT2D eigenvalue weighted by atomic mass is 35.5. The molecule has 2 heterocycles. The fraction of sp³-hybridized carbons (Fsp3) is 0.250. The first kappa shape index (κ1) is 17.8. The molecule has 4 rings (SSSR count). The van der Waals surface area contributed by atoms with E-state index in [0.717, 1.165) is 42.2 Å². The molecule has 2 aromatic carbocycles. The van der Waals surface area contributed by atoms with Crippen molar-refractivity contribution in [1.82, 2.24) is 4.57 Å². The van der Waals surface area contributed by atoms with Gasteiger partial charge in [0.05, 0.1) is 34.1 Å². The normalized spacial score (nSPS) is 17.8. The second kappa shape index (κ2) is 7.97. The molecule has 26 heavy (non-hydrogen) atoms. The molecule has 3 aromatic rings. The van der Waals surface area contributed by atoms with Crippen LogP contribution in [0.4, 0.5) is 5.69 Å². The molecule has 0 radical (unpaired) electrons. The lowest BCUT2D eigenvalue weighted by molar-refractivity contribution is 0.0968. The van der Waals surface area contributed by atoms with E-state index in [4.69, 9.17) is 32.9 Å². The Morgan fingerprint density at radius 1 is 1.12 bits per heavy atom. The number of hydrogen-bond acceptors (Lipinski definition) is 3. The van der Waals surface area contributed by atoms with Crippen molar-refractivity contribution in [3.63, 3.8) is 0 Å². The number of halogens is 2. The Morgan fingerprint density at radius 2 is 1.96 bits per heavy atom. The minimum atomic E-state index is 0.236. The molecule has 1 aromatic heterocycles. The molecular weight excluding hydrogens is 387 g/mol. The summed E-state index contributed by atoms with van der Waals surface area (Å²) in [6.07, 6.45) is 2.44. The molecule has 0 saturated carbocycles. The van der Waals surface area contributed by atoms with Gasteiger partial charge < -0.3 is 9.30 Å². The first-order chi connectivity index (χ1) is 12.7. The van der Waals surface area contributed by atoms with Crippen molar-refractivity contribution in [2.24, 2.45) is 4.99 Å². The Labute approximate surface area is 166 Å². The number of rotatable bonds is 4. The topological polar surface area (TPSA) is 26.5 Å². The lowest BCUT2D eigenvalue weighted by atomic mass is 10.1. The fourth-order valence-corrected chi connectivity index (χ4v) is 4.32. The zero-order valence-corrected chi connectivity index (χ0v) is 16.4. The molecule has 1 saturated heterocycles. The maximum atomic E-state index is 6.14.